The number of carbonyl (C=O) groups is 3. The molecule has 0 bridgehead atoms. The first-order chi connectivity index (χ1) is 18.6. The van der Waals surface area contributed by atoms with Gasteiger partial charge in [-0.1, -0.05) is 73.9 Å². The molecule has 1 aliphatic carbocycles. The molecule has 196 valence electrons. The number of hydrogen-bond acceptors (Lipinski definition) is 4. The Hall–Kier alpha value is -3.58. The van der Waals surface area contributed by atoms with Gasteiger partial charge in [-0.2, -0.15) is 0 Å². The van der Waals surface area contributed by atoms with Gasteiger partial charge in [0.25, 0.3) is 11.8 Å². The van der Waals surface area contributed by atoms with E-state index in [0.717, 1.165) is 37.7 Å². The molecule has 2 aliphatic rings. The highest BCUT2D eigenvalue weighted by atomic mass is 32.2. The summed E-state index contributed by atoms with van der Waals surface area (Å²) in [7, 11) is 0. The Morgan fingerprint density at radius 1 is 0.842 bits per heavy atom. The molecular weight excluding hydrogens is 494 g/mol. The van der Waals surface area contributed by atoms with E-state index in [1.807, 2.05) is 47.4 Å². The Morgan fingerprint density at radius 2 is 1.55 bits per heavy atom. The highest BCUT2D eigenvalue weighted by molar-refractivity contribution is 8.00. The molecule has 3 aromatic rings. The number of para-hydroxylation sites is 1. The summed E-state index contributed by atoms with van der Waals surface area (Å²) < 4.78 is 0. The first-order valence-electron chi connectivity index (χ1n) is 13.3. The van der Waals surface area contributed by atoms with Crippen LogP contribution < -0.4 is 10.6 Å². The van der Waals surface area contributed by atoms with Gasteiger partial charge in [0.05, 0.1) is 17.0 Å². The molecule has 6 nitrogen and oxygen atoms in total. The van der Waals surface area contributed by atoms with Crippen molar-refractivity contribution >= 4 is 35.2 Å². The van der Waals surface area contributed by atoms with Crippen molar-refractivity contribution in [3.63, 3.8) is 0 Å². The molecule has 1 saturated heterocycles. The van der Waals surface area contributed by atoms with Crippen LogP contribution in [0.2, 0.25) is 0 Å². The second kappa shape index (κ2) is 12.3. The molecular formula is C31H33N3O3S. The van der Waals surface area contributed by atoms with Crippen LogP contribution in [0.4, 0.5) is 5.69 Å². The number of thioether (sulfide) groups is 1. The van der Waals surface area contributed by atoms with Gasteiger partial charge in [-0.15, -0.1) is 11.8 Å². The number of hydrogen-bond donors (Lipinski definition) is 2. The average Bonchev–Trinajstić information content (AvgIpc) is 3.33. The van der Waals surface area contributed by atoms with Crippen molar-refractivity contribution in [2.24, 2.45) is 0 Å². The van der Waals surface area contributed by atoms with Crippen molar-refractivity contribution in [3.05, 3.63) is 101 Å². The predicted molar refractivity (Wildman–Crippen MR) is 152 cm³/mol. The maximum absolute atomic E-state index is 13.1. The van der Waals surface area contributed by atoms with E-state index in [9.17, 15) is 14.4 Å². The van der Waals surface area contributed by atoms with Crippen LogP contribution in [-0.2, 0) is 11.2 Å². The Bertz CT molecular complexity index is 1270. The number of anilines is 1. The zero-order valence-electron chi connectivity index (χ0n) is 21.4. The van der Waals surface area contributed by atoms with Crippen LogP contribution in [0.15, 0.2) is 78.9 Å². The van der Waals surface area contributed by atoms with Gasteiger partial charge in [0.1, 0.15) is 5.37 Å². The van der Waals surface area contributed by atoms with Crippen LogP contribution in [0, 0.1) is 0 Å². The van der Waals surface area contributed by atoms with E-state index in [-0.39, 0.29) is 29.1 Å². The van der Waals surface area contributed by atoms with Crippen LogP contribution in [0.1, 0.15) is 69.3 Å². The number of benzene rings is 3. The van der Waals surface area contributed by atoms with Gasteiger partial charge in [0.2, 0.25) is 5.91 Å². The summed E-state index contributed by atoms with van der Waals surface area (Å²) in [5.74, 6) is 0.176. The largest absolute Gasteiger partial charge is 0.349 e. The minimum absolute atomic E-state index is 0.0625. The first kappa shape index (κ1) is 26.0. The maximum atomic E-state index is 13.1. The van der Waals surface area contributed by atoms with Gasteiger partial charge in [0.15, 0.2) is 0 Å². The van der Waals surface area contributed by atoms with E-state index in [2.05, 4.69) is 22.8 Å². The van der Waals surface area contributed by atoms with Crippen molar-refractivity contribution in [3.8, 4) is 0 Å². The lowest BCUT2D eigenvalue weighted by atomic mass is 9.95. The van der Waals surface area contributed by atoms with Gasteiger partial charge in [0, 0.05) is 18.2 Å². The SMILES string of the molecule is O=C(Nc1ccccc1C(=O)NC1CCCCC1)c1ccc([C@H]2SCC(=O)N2CCc2ccccc2)cc1. The molecule has 7 heteroatoms. The van der Waals surface area contributed by atoms with E-state index in [4.69, 9.17) is 0 Å². The summed E-state index contributed by atoms with van der Waals surface area (Å²) in [5.41, 5.74) is 3.67. The molecule has 1 atom stereocenters. The number of amides is 3. The predicted octanol–water partition coefficient (Wildman–Crippen LogP) is 5.82. The summed E-state index contributed by atoms with van der Waals surface area (Å²) in [6.45, 7) is 0.655. The molecule has 2 fully saturated rings. The quantitative estimate of drug-likeness (QED) is 0.387. The fourth-order valence-electron chi connectivity index (χ4n) is 5.16. The third-order valence-electron chi connectivity index (χ3n) is 7.27. The molecule has 3 amide bonds. The van der Waals surface area contributed by atoms with Crippen LogP contribution in [-0.4, -0.2) is 41.0 Å². The minimum Gasteiger partial charge on any atom is -0.349 e. The first-order valence-corrected chi connectivity index (χ1v) is 14.4. The van der Waals surface area contributed by atoms with Crippen LogP contribution >= 0.6 is 11.8 Å². The molecule has 0 unspecified atom stereocenters. The topological polar surface area (TPSA) is 78.5 Å². The maximum Gasteiger partial charge on any atom is 0.255 e. The molecule has 2 N–H and O–H groups in total. The zero-order valence-corrected chi connectivity index (χ0v) is 22.2. The third kappa shape index (κ3) is 6.27. The molecule has 38 heavy (non-hydrogen) atoms. The van der Waals surface area contributed by atoms with E-state index < -0.39 is 0 Å². The summed E-state index contributed by atoms with van der Waals surface area (Å²) in [6.07, 6.45) is 6.30. The summed E-state index contributed by atoms with van der Waals surface area (Å²) in [4.78, 5) is 40.5. The number of rotatable bonds is 8. The average molecular weight is 528 g/mol. The van der Waals surface area contributed by atoms with E-state index in [1.165, 1.54) is 12.0 Å². The Morgan fingerprint density at radius 3 is 2.32 bits per heavy atom. The summed E-state index contributed by atoms with van der Waals surface area (Å²) >= 11 is 1.61. The lowest BCUT2D eigenvalue weighted by Crippen LogP contribution is -2.36. The molecule has 3 aromatic carbocycles. The normalized spacial score (nSPS) is 17.8. The molecule has 5 rings (SSSR count). The fourth-order valence-corrected chi connectivity index (χ4v) is 6.38. The number of nitrogens with zero attached hydrogens (tertiary/aromatic N) is 1. The third-order valence-corrected chi connectivity index (χ3v) is 8.53. The van der Waals surface area contributed by atoms with Crippen LogP contribution in [0.5, 0.6) is 0 Å². The smallest absolute Gasteiger partial charge is 0.255 e. The lowest BCUT2D eigenvalue weighted by Gasteiger charge is -2.24. The Kier molecular flexibility index (Phi) is 8.44. The lowest BCUT2D eigenvalue weighted by molar-refractivity contribution is -0.128. The monoisotopic (exact) mass is 527 g/mol. The molecule has 0 radical (unpaired) electrons. The zero-order chi connectivity index (χ0) is 26.3. The summed E-state index contributed by atoms with van der Waals surface area (Å²) in [6, 6.07) is 24.9. The van der Waals surface area contributed by atoms with Crippen molar-refractivity contribution in [1.82, 2.24) is 10.2 Å². The molecule has 1 aliphatic heterocycles. The molecule has 0 aromatic heterocycles. The minimum atomic E-state index is -0.273. The molecule has 1 saturated carbocycles. The fraction of sp³-hybridized carbons (Fsp3) is 0.323. The van der Waals surface area contributed by atoms with Crippen molar-refractivity contribution < 1.29 is 14.4 Å². The van der Waals surface area contributed by atoms with Gasteiger partial charge < -0.3 is 15.5 Å². The Labute approximate surface area is 228 Å². The second-order valence-electron chi connectivity index (χ2n) is 9.92. The highest BCUT2D eigenvalue weighted by Gasteiger charge is 2.32. The van der Waals surface area contributed by atoms with Crippen molar-refractivity contribution in [2.75, 3.05) is 17.6 Å². The summed E-state index contributed by atoms with van der Waals surface area (Å²) in [5, 5.41) is 5.99. The van der Waals surface area contributed by atoms with E-state index >= 15 is 0 Å². The van der Waals surface area contributed by atoms with E-state index in [0.29, 0.717) is 29.1 Å². The van der Waals surface area contributed by atoms with Crippen LogP contribution in [0.25, 0.3) is 0 Å². The van der Waals surface area contributed by atoms with Gasteiger partial charge in [-0.05, 0) is 54.7 Å². The van der Waals surface area contributed by atoms with Crippen LogP contribution in [0.3, 0.4) is 0 Å². The number of carbonyl (C=O) groups excluding carboxylic acids is 3. The second-order valence-corrected chi connectivity index (χ2v) is 11.0. The van der Waals surface area contributed by atoms with Gasteiger partial charge >= 0.3 is 0 Å². The highest BCUT2D eigenvalue weighted by Crippen LogP contribution is 2.38. The molecule has 1 heterocycles. The Balaban J connectivity index is 1.23. The standard InChI is InChI=1S/C31H33N3O3S/c35-28-21-38-31(34(28)20-19-22-9-3-1-4-10-22)24-17-15-23(16-18-24)29(36)33-27-14-8-7-13-26(27)30(37)32-25-11-5-2-6-12-25/h1,3-4,7-10,13-18,25,31H,2,5-6,11-12,19-21H2,(H,32,37)(H,33,36)/t31-/m1/s1. The molecule has 0 spiro atoms. The van der Waals surface area contributed by atoms with Gasteiger partial charge in [-0.3, -0.25) is 14.4 Å². The van der Waals surface area contributed by atoms with Crippen molar-refractivity contribution in [1.29, 1.82) is 0 Å². The number of nitrogens with one attached hydrogen (secondary N) is 2. The van der Waals surface area contributed by atoms with E-state index in [1.54, 1.807) is 36.0 Å². The van der Waals surface area contributed by atoms with Gasteiger partial charge in [-0.25, -0.2) is 0 Å². The van der Waals surface area contributed by atoms with Crippen molar-refractivity contribution in [2.45, 2.75) is 49.9 Å².